The van der Waals surface area contributed by atoms with E-state index in [-0.39, 0.29) is 0 Å². The highest BCUT2D eigenvalue weighted by Crippen LogP contribution is 2.08. The van der Waals surface area contributed by atoms with E-state index < -0.39 is 16.9 Å². The molecule has 0 saturated carbocycles. The van der Waals surface area contributed by atoms with Crippen LogP contribution in [0.15, 0.2) is 36.2 Å². The topological polar surface area (TPSA) is 95.5 Å². The van der Waals surface area contributed by atoms with Gasteiger partial charge in [-0.3, -0.25) is 10.1 Å². The van der Waals surface area contributed by atoms with Crippen LogP contribution in [0.4, 0.5) is 4.79 Å². The second-order valence-corrected chi connectivity index (χ2v) is 2.57. The van der Waals surface area contributed by atoms with Crippen LogP contribution in [-0.2, 0) is 4.74 Å². The molecule has 2 N–H and O–H groups in total. The third-order valence-corrected chi connectivity index (χ3v) is 1.47. The number of primary amides is 1. The van der Waals surface area contributed by atoms with Crippen LogP contribution in [0.5, 0.6) is 0 Å². The zero-order valence-corrected chi connectivity index (χ0v) is 7.62. The summed E-state index contributed by atoms with van der Waals surface area (Å²) < 4.78 is 4.22. The van der Waals surface area contributed by atoms with E-state index in [4.69, 9.17) is 0 Å². The van der Waals surface area contributed by atoms with Crippen molar-refractivity contribution in [3.8, 4) is 0 Å². The number of carbonyl (C=O) groups excluding carboxylic acids is 1. The Labute approximate surface area is 85.1 Å². The van der Waals surface area contributed by atoms with Crippen molar-refractivity contribution in [2.24, 2.45) is 5.73 Å². The summed E-state index contributed by atoms with van der Waals surface area (Å²) in [5, 5.41) is 10.4. The van der Waals surface area contributed by atoms with Crippen molar-refractivity contribution in [1.82, 2.24) is 0 Å². The first-order chi connectivity index (χ1) is 7.09. The Morgan fingerprint density at radius 2 is 2.00 bits per heavy atom. The highest BCUT2D eigenvalue weighted by molar-refractivity contribution is 5.67. The molecule has 0 radical (unpaired) electrons. The average molecular weight is 208 g/mol. The molecule has 0 spiro atoms. The van der Waals surface area contributed by atoms with Crippen LogP contribution in [0.25, 0.3) is 6.08 Å². The molecule has 78 valence electrons. The van der Waals surface area contributed by atoms with Gasteiger partial charge in [-0.2, -0.15) is 0 Å². The number of hydrogen-bond acceptors (Lipinski definition) is 4. The minimum Gasteiger partial charge on any atom is -0.350 e. The van der Waals surface area contributed by atoms with E-state index in [1.807, 2.05) is 0 Å². The number of nitrogens with zero attached hydrogens (tertiary/aromatic N) is 1. The van der Waals surface area contributed by atoms with Gasteiger partial charge < -0.3 is 10.5 Å². The largest absolute Gasteiger partial charge is 0.437 e. The lowest BCUT2D eigenvalue weighted by Crippen LogP contribution is -2.16. The van der Waals surface area contributed by atoms with Gasteiger partial charge in [-0.05, 0) is 5.56 Å². The Balaban J connectivity index is 2.94. The standard InChI is InChI=1S/C9H8N2O4/c10-9(12)15-8(11(13)14)6-7-4-2-1-3-5-7/h1-6H,(H2,10,12). The first-order valence-electron chi connectivity index (χ1n) is 3.98. The fourth-order valence-corrected chi connectivity index (χ4v) is 0.914. The van der Waals surface area contributed by atoms with Gasteiger partial charge in [-0.1, -0.05) is 30.3 Å². The molecule has 0 aliphatic heterocycles. The Morgan fingerprint density at radius 3 is 2.47 bits per heavy atom. The molecule has 0 saturated heterocycles. The third kappa shape index (κ3) is 3.47. The minimum atomic E-state index is -1.21. The summed E-state index contributed by atoms with van der Waals surface area (Å²) >= 11 is 0. The molecule has 0 atom stereocenters. The predicted molar refractivity (Wildman–Crippen MR) is 52.1 cm³/mol. The molecule has 0 unspecified atom stereocenters. The van der Waals surface area contributed by atoms with Gasteiger partial charge >= 0.3 is 12.0 Å². The van der Waals surface area contributed by atoms with Gasteiger partial charge in [-0.25, -0.2) is 4.79 Å². The van der Waals surface area contributed by atoms with E-state index in [1.54, 1.807) is 30.3 Å². The zero-order chi connectivity index (χ0) is 11.3. The SMILES string of the molecule is NC(=O)OC(=Cc1ccccc1)[N+](=O)[O-]. The molecule has 15 heavy (non-hydrogen) atoms. The second-order valence-electron chi connectivity index (χ2n) is 2.57. The van der Waals surface area contributed by atoms with Gasteiger partial charge in [0.1, 0.15) is 4.92 Å². The summed E-state index contributed by atoms with van der Waals surface area (Å²) in [6, 6.07) is 8.43. The fourth-order valence-electron chi connectivity index (χ4n) is 0.914. The zero-order valence-electron chi connectivity index (χ0n) is 7.62. The second kappa shape index (κ2) is 4.75. The van der Waals surface area contributed by atoms with Crippen molar-refractivity contribution < 1.29 is 14.5 Å². The number of benzene rings is 1. The quantitative estimate of drug-likeness (QED) is 0.460. The molecule has 0 aliphatic rings. The first-order valence-corrected chi connectivity index (χ1v) is 3.98. The highest BCUT2D eigenvalue weighted by Gasteiger charge is 2.15. The lowest BCUT2D eigenvalue weighted by molar-refractivity contribution is -0.454. The molecule has 0 bridgehead atoms. The average Bonchev–Trinajstić information content (AvgIpc) is 2.17. The summed E-state index contributed by atoms with van der Waals surface area (Å²) in [6.07, 6.45) is -0.0982. The maximum Gasteiger partial charge on any atom is 0.437 e. The predicted octanol–water partition coefficient (Wildman–Crippen LogP) is 1.36. The summed E-state index contributed by atoms with van der Waals surface area (Å²) in [4.78, 5) is 20.0. The molecule has 1 aromatic carbocycles. The van der Waals surface area contributed by atoms with Gasteiger partial charge in [0, 0.05) is 0 Å². The van der Waals surface area contributed by atoms with E-state index in [9.17, 15) is 14.9 Å². The molecular weight excluding hydrogens is 200 g/mol. The highest BCUT2D eigenvalue weighted by atomic mass is 16.7. The molecule has 0 aromatic heterocycles. The summed E-state index contributed by atoms with van der Waals surface area (Å²) in [5.74, 6) is -0.700. The smallest absolute Gasteiger partial charge is 0.350 e. The van der Waals surface area contributed by atoms with Crippen LogP contribution in [-0.4, -0.2) is 11.0 Å². The molecule has 6 nitrogen and oxygen atoms in total. The maximum absolute atomic E-state index is 10.4. The Morgan fingerprint density at radius 1 is 1.40 bits per heavy atom. The minimum absolute atomic E-state index is 0.547. The van der Waals surface area contributed by atoms with Crippen molar-refractivity contribution in [3.63, 3.8) is 0 Å². The Kier molecular flexibility index (Phi) is 3.39. The van der Waals surface area contributed by atoms with Crippen molar-refractivity contribution in [2.75, 3.05) is 0 Å². The first kappa shape index (κ1) is 10.7. The van der Waals surface area contributed by atoms with E-state index in [1.165, 1.54) is 0 Å². The lowest BCUT2D eigenvalue weighted by Gasteiger charge is -1.96. The number of hydrogen-bond donors (Lipinski definition) is 1. The van der Waals surface area contributed by atoms with Gasteiger partial charge in [0.05, 0.1) is 6.08 Å². The number of ether oxygens (including phenoxy) is 1. The number of nitrogens with two attached hydrogens (primary N) is 1. The molecule has 6 heteroatoms. The molecule has 0 fully saturated rings. The molecule has 0 aliphatic carbocycles. The molecule has 1 amide bonds. The number of rotatable bonds is 3. The molecule has 1 aromatic rings. The van der Waals surface area contributed by atoms with Crippen LogP contribution < -0.4 is 5.73 Å². The van der Waals surface area contributed by atoms with Crippen LogP contribution >= 0.6 is 0 Å². The Hall–Kier alpha value is -2.37. The summed E-state index contributed by atoms with van der Waals surface area (Å²) in [7, 11) is 0. The third-order valence-electron chi connectivity index (χ3n) is 1.47. The maximum atomic E-state index is 10.4. The van der Waals surface area contributed by atoms with Crippen LogP contribution in [0.3, 0.4) is 0 Å². The fraction of sp³-hybridized carbons (Fsp3) is 0. The van der Waals surface area contributed by atoms with Crippen molar-refractivity contribution in [1.29, 1.82) is 0 Å². The summed E-state index contributed by atoms with van der Waals surface area (Å²) in [5.41, 5.74) is 5.23. The molecule has 0 heterocycles. The molecule has 1 rings (SSSR count). The summed E-state index contributed by atoms with van der Waals surface area (Å²) in [6.45, 7) is 0. The van der Waals surface area contributed by atoms with Crippen LogP contribution in [0, 0.1) is 10.1 Å². The lowest BCUT2D eigenvalue weighted by atomic mass is 10.2. The van der Waals surface area contributed by atoms with Gasteiger partial charge in [-0.15, -0.1) is 0 Å². The number of amides is 1. The van der Waals surface area contributed by atoms with Gasteiger partial charge in [0.15, 0.2) is 0 Å². The number of carbonyl (C=O) groups is 1. The van der Waals surface area contributed by atoms with Crippen LogP contribution in [0.2, 0.25) is 0 Å². The normalized spacial score (nSPS) is 10.8. The van der Waals surface area contributed by atoms with Crippen molar-refractivity contribution in [2.45, 2.75) is 0 Å². The van der Waals surface area contributed by atoms with Gasteiger partial charge in [0.2, 0.25) is 0 Å². The van der Waals surface area contributed by atoms with Gasteiger partial charge in [0.25, 0.3) is 0 Å². The molecular formula is C9H8N2O4. The van der Waals surface area contributed by atoms with E-state index in [0.29, 0.717) is 5.56 Å². The van der Waals surface area contributed by atoms with E-state index >= 15 is 0 Å². The van der Waals surface area contributed by atoms with E-state index in [2.05, 4.69) is 10.5 Å². The van der Waals surface area contributed by atoms with E-state index in [0.717, 1.165) is 6.08 Å². The van der Waals surface area contributed by atoms with Crippen molar-refractivity contribution in [3.05, 3.63) is 51.9 Å². The van der Waals surface area contributed by atoms with Crippen LogP contribution in [0.1, 0.15) is 5.56 Å². The number of nitro groups is 1. The monoisotopic (exact) mass is 208 g/mol. The Bertz CT molecular complexity index is 400. The van der Waals surface area contributed by atoms with Crippen molar-refractivity contribution >= 4 is 12.2 Å².